The van der Waals surface area contributed by atoms with Crippen LogP contribution in [0.5, 0.6) is 0 Å². The molecule has 2 aliphatic rings. The maximum absolute atomic E-state index is 12.9. The number of thiophene rings is 1. The number of thioether (sulfide) groups is 1. The fourth-order valence-electron chi connectivity index (χ4n) is 5.18. The van der Waals surface area contributed by atoms with E-state index >= 15 is 0 Å². The molecule has 0 fully saturated rings. The Hall–Kier alpha value is -3.15. The Labute approximate surface area is 225 Å². The van der Waals surface area contributed by atoms with Crippen molar-refractivity contribution in [2.75, 3.05) is 17.7 Å². The van der Waals surface area contributed by atoms with Crippen LogP contribution in [-0.4, -0.2) is 29.2 Å². The minimum absolute atomic E-state index is 0.157. The molecular formula is C29H29N3O3S2. The van der Waals surface area contributed by atoms with E-state index in [1.807, 2.05) is 12.1 Å². The number of fused-ring (bicyclic) bond motifs is 2. The molecule has 2 aromatic heterocycles. The van der Waals surface area contributed by atoms with Crippen LogP contribution in [0, 0.1) is 11.3 Å². The van der Waals surface area contributed by atoms with Crippen LogP contribution in [0.3, 0.4) is 0 Å². The van der Waals surface area contributed by atoms with Gasteiger partial charge in [0.05, 0.1) is 17.7 Å². The predicted molar refractivity (Wildman–Crippen MR) is 146 cm³/mol. The lowest BCUT2D eigenvalue weighted by Gasteiger charge is -2.23. The SMILES string of the molecule is CCOC(=O)c1c(NC(=O)CCSc2nc3c(cc2C#N)CCC3)sc2c1CCC(c1ccccc1)C2. The normalized spacial score (nSPS) is 15.9. The average Bonchev–Trinajstić information content (AvgIpc) is 3.51. The molecule has 1 N–H and O–H groups in total. The van der Waals surface area contributed by atoms with E-state index in [0.717, 1.165) is 54.7 Å². The van der Waals surface area contributed by atoms with Crippen LogP contribution in [0.15, 0.2) is 41.4 Å². The monoisotopic (exact) mass is 531 g/mol. The first-order chi connectivity index (χ1) is 18.1. The molecule has 0 aliphatic heterocycles. The van der Waals surface area contributed by atoms with Crippen LogP contribution >= 0.6 is 23.1 Å². The molecule has 0 spiro atoms. The molecule has 37 heavy (non-hydrogen) atoms. The molecular weight excluding hydrogens is 502 g/mol. The number of rotatable bonds is 8. The molecule has 5 rings (SSSR count). The third kappa shape index (κ3) is 5.58. The Morgan fingerprint density at radius 3 is 2.86 bits per heavy atom. The number of aryl methyl sites for hydroxylation is 2. The molecule has 0 bridgehead atoms. The number of ether oxygens (including phenoxy) is 1. The van der Waals surface area contributed by atoms with Gasteiger partial charge in [0, 0.05) is 22.7 Å². The van der Waals surface area contributed by atoms with Crippen molar-refractivity contribution in [3.63, 3.8) is 0 Å². The standard InChI is InChI=1S/C29H29N3O3S2/c1-2-35-29(34)26-22-12-11-19(18-7-4-3-5-8-18)16-24(22)37-28(26)32-25(33)13-14-36-27-21(17-30)15-20-9-6-10-23(20)31-27/h3-5,7-8,15,19H,2,6,9-14,16H2,1H3,(H,32,33). The number of esters is 1. The number of nitriles is 1. The Kier molecular flexibility index (Phi) is 7.92. The molecule has 1 unspecified atom stereocenters. The second-order valence-corrected chi connectivity index (χ2v) is 11.5. The predicted octanol–water partition coefficient (Wildman–Crippen LogP) is 6.07. The van der Waals surface area contributed by atoms with Crippen molar-refractivity contribution in [1.29, 1.82) is 5.26 Å². The van der Waals surface area contributed by atoms with E-state index in [0.29, 0.717) is 32.8 Å². The van der Waals surface area contributed by atoms with Crippen LogP contribution in [-0.2, 0) is 35.2 Å². The van der Waals surface area contributed by atoms with Crippen LogP contribution in [0.4, 0.5) is 5.00 Å². The van der Waals surface area contributed by atoms with E-state index in [1.165, 1.54) is 34.2 Å². The lowest BCUT2D eigenvalue weighted by Crippen LogP contribution is -2.17. The van der Waals surface area contributed by atoms with E-state index < -0.39 is 0 Å². The number of benzene rings is 1. The zero-order valence-corrected chi connectivity index (χ0v) is 22.5. The number of carbonyl (C=O) groups excluding carboxylic acids is 2. The Morgan fingerprint density at radius 2 is 2.08 bits per heavy atom. The minimum atomic E-state index is -0.371. The minimum Gasteiger partial charge on any atom is -0.462 e. The first kappa shape index (κ1) is 25.5. The zero-order valence-electron chi connectivity index (χ0n) is 20.8. The van der Waals surface area contributed by atoms with Crippen molar-refractivity contribution in [1.82, 2.24) is 4.98 Å². The highest BCUT2D eigenvalue weighted by atomic mass is 32.2. The van der Waals surface area contributed by atoms with E-state index in [2.05, 4.69) is 40.6 Å². The van der Waals surface area contributed by atoms with E-state index in [-0.39, 0.29) is 24.9 Å². The third-order valence-corrected chi connectivity index (χ3v) is 9.14. The number of amides is 1. The fourth-order valence-corrected chi connectivity index (χ4v) is 7.42. The van der Waals surface area contributed by atoms with Crippen molar-refractivity contribution in [3.05, 3.63) is 74.8 Å². The molecule has 2 heterocycles. The van der Waals surface area contributed by atoms with Crippen LogP contribution in [0.1, 0.15) is 75.3 Å². The molecule has 1 aromatic carbocycles. The Balaban J connectivity index is 1.28. The molecule has 8 heteroatoms. The number of aromatic nitrogens is 1. The number of nitrogens with one attached hydrogen (secondary N) is 1. The number of carbonyl (C=O) groups is 2. The molecule has 6 nitrogen and oxygen atoms in total. The van der Waals surface area contributed by atoms with Gasteiger partial charge in [-0.25, -0.2) is 9.78 Å². The summed E-state index contributed by atoms with van der Waals surface area (Å²) in [6.45, 7) is 2.08. The number of hydrogen-bond donors (Lipinski definition) is 1. The molecule has 0 saturated heterocycles. The van der Waals surface area contributed by atoms with Gasteiger partial charge in [-0.15, -0.1) is 23.1 Å². The summed E-state index contributed by atoms with van der Waals surface area (Å²) in [5.74, 6) is 0.374. The third-order valence-electron chi connectivity index (χ3n) is 6.97. The van der Waals surface area contributed by atoms with Crippen LogP contribution in [0.2, 0.25) is 0 Å². The molecule has 1 atom stereocenters. The Morgan fingerprint density at radius 1 is 1.24 bits per heavy atom. The highest BCUT2D eigenvalue weighted by Crippen LogP contribution is 2.43. The summed E-state index contributed by atoms with van der Waals surface area (Å²) in [6.07, 6.45) is 5.84. The lowest BCUT2D eigenvalue weighted by molar-refractivity contribution is -0.115. The molecule has 2 aliphatic carbocycles. The van der Waals surface area contributed by atoms with Gasteiger partial charge >= 0.3 is 5.97 Å². The van der Waals surface area contributed by atoms with Crippen molar-refractivity contribution < 1.29 is 14.3 Å². The lowest BCUT2D eigenvalue weighted by atomic mass is 9.83. The molecule has 0 saturated carbocycles. The largest absolute Gasteiger partial charge is 0.462 e. The van der Waals surface area contributed by atoms with Crippen LogP contribution < -0.4 is 5.32 Å². The van der Waals surface area contributed by atoms with Gasteiger partial charge < -0.3 is 10.1 Å². The first-order valence-corrected chi connectivity index (χ1v) is 14.6. The summed E-state index contributed by atoms with van der Waals surface area (Å²) >= 11 is 2.94. The average molecular weight is 532 g/mol. The second-order valence-electron chi connectivity index (χ2n) is 9.34. The Bertz CT molecular complexity index is 1360. The summed E-state index contributed by atoms with van der Waals surface area (Å²) < 4.78 is 5.36. The van der Waals surface area contributed by atoms with Gasteiger partial charge in [-0.05, 0) is 74.1 Å². The van der Waals surface area contributed by atoms with Crippen molar-refractivity contribution >= 4 is 40.0 Å². The summed E-state index contributed by atoms with van der Waals surface area (Å²) in [4.78, 5) is 31.6. The first-order valence-electron chi connectivity index (χ1n) is 12.8. The van der Waals surface area contributed by atoms with Crippen LogP contribution in [0.25, 0.3) is 0 Å². The number of pyridine rings is 1. The van der Waals surface area contributed by atoms with E-state index in [4.69, 9.17) is 4.74 Å². The highest BCUT2D eigenvalue weighted by Gasteiger charge is 2.31. The molecule has 190 valence electrons. The molecule has 0 radical (unpaired) electrons. The highest BCUT2D eigenvalue weighted by molar-refractivity contribution is 7.99. The quantitative estimate of drug-likeness (QED) is 0.280. The summed E-state index contributed by atoms with van der Waals surface area (Å²) in [5, 5.41) is 13.8. The number of anilines is 1. The van der Waals surface area contributed by atoms with Crippen molar-refractivity contribution in [2.24, 2.45) is 0 Å². The fraction of sp³-hybridized carbons (Fsp3) is 0.379. The molecule has 3 aromatic rings. The maximum Gasteiger partial charge on any atom is 0.341 e. The van der Waals surface area contributed by atoms with Gasteiger partial charge in [-0.3, -0.25) is 4.79 Å². The van der Waals surface area contributed by atoms with Crippen molar-refractivity contribution in [2.45, 2.75) is 62.8 Å². The summed E-state index contributed by atoms with van der Waals surface area (Å²) in [7, 11) is 0. The molecule has 1 amide bonds. The van der Waals surface area contributed by atoms with Gasteiger partial charge in [-0.2, -0.15) is 5.26 Å². The summed E-state index contributed by atoms with van der Waals surface area (Å²) in [6, 6.07) is 14.6. The smallest absolute Gasteiger partial charge is 0.341 e. The van der Waals surface area contributed by atoms with Gasteiger partial charge in [-0.1, -0.05) is 30.3 Å². The van der Waals surface area contributed by atoms with Gasteiger partial charge in [0.1, 0.15) is 16.1 Å². The number of hydrogen-bond acceptors (Lipinski definition) is 7. The van der Waals surface area contributed by atoms with E-state index in [1.54, 1.807) is 6.92 Å². The van der Waals surface area contributed by atoms with Gasteiger partial charge in [0.2, 0.25) is 5.91 Å². The zero-order chi connectivity index (χ0) is 25.8. The number of nitrogens with zero attached hydrogens (tertiary/aromatic N) is 2. The second kappa shape index (κ2) is 11.5. The van der Waals surface area contributed by atoms with Gasteiger partial charge in [0.15, 0.2) is 0 Å². The maximum atomic E-state index is 12.9. The van der Waals surface area contributed by atoms with Crippen molar-refractivity contribution in [3.8, 4) is 6.07 Å². The summed E-state index contributed by atoms with van der Waals surface area (Å²) in [5.41, 5.74) is 5.65. The topological polar surface area (TPSA) is 92.1 Å². The van der Waals surface area contributed by atoms with E-state index in [9.17, 15) is 14.9 Å². The van der Waals surface area contributed by atoms with Gasteiger partial charge in [0.25, 0.3) is 0 Å².